The molecule has 108 valence electrons. The van der Waals surface area contributed by atoms with Crippen molar-refractivity contribution in [2.24, 2.45) is 0 Å². The lowest BCUT2D eigenvalue weighted by Gasteiger charge is -2.10. The molecule has 2 aromatic rings. The molecule has 0 N–H and O–H groups in total. The summed E-state index contributed by atoms with van der Waals surface area (Å²) in [5, 5.41) is 10.7. The maximum Gasteiger partial charge on any atom is 0.270 e. The fourth-order valence-corrected chi connectivity index (χ4v) is 1.90. The molecule has 0 amide bonds. The second-order valence-electron chi connectivity index (χ2n) is 4.72. The van der Waals surface area contributed by atoms with E-state index in [-0.39, 0.29) is 23.6 Å². The highest BCUT2D eigenvalue weighted by Gasteiger charge is 2.12. The van der Waals surface area contributed by atoms with Crippen molar-refractivity contribution in [2.75, 3.05) is 6.61 Å². The van der Waals surface area contributed by atoms with E-state index in [1.807, 2.05) is 26.0 Å². The minimum absolute atomic E-state index is 0.104. The van der Waals surface area contributed by atoms with Crippen molar-refractivity contribution >= 4 is 11.5 Å². The molecule has 5 nitrogen and oxygen atoms in total. The molecular formula is C16H15NO4. The van der Waals surface area contributed by atoms with Crippen molar-refractivity contribution in [1.82, 2.24) is 0 Å². The van der Waals surface area contributed by atoms with Crippen LogP contribution in [-0.4, -0.2) is 17.3 Å². The van der Waals surface area contributed by atoms with Gasteiger partial charge in [0.15, 0.2) is 12.4 Å². The average molecular weight is 285 g/mol. The highest BCUT2D eigenvalue weighted by molar-refractivity contribution is 5.97. The lowest BCUT2D eigenvalue weighted by atomic mass is 10.1. The van der Waals surface area contributed by atoms with Gasteiger partial charge in [-0.25, -0.2) is 0 Å². The summed E-state index contributed by atoms with van der Waals surface area (Å²) in [6.45, 7) is 3.73. The average Bonchev–Trinajstić information content (AvgIpc) is 2.48. The standard InChI is InChI=1S/C16H15NO4/c1-11-5-3-8-16(12(11)2)21-10-15(18)13-6-4-7-14(9-13)17(19)20/h3-9H,10H2,1-2H3. The molecule has 0 saturated carbocycles. The summed E-state index contributed by atoms with van der Waals surface area (Å²) in [5.41, 5.74) is 2.22. The molecular weight excluding hydrogens is 270 g/mol. The summed E-state index contributed by atoms with van der Waals surface area (Å²) in [7, 11) is 0. The van der Waals surface area contributed by atoms with Crippen LogP contribution in [0.4, 0.5) is 5.69 Å². The van der Waals surface area contributed by atoms with Crippen LogP contribution in [0.5, 0.6) is 5.75 Å². The lowest BCUT2D eigenvalue weighted by molar-refractivity contribution is -0.384. The first-order valence-corrected chi connectivity index (χ1v) is 6.45. The number of carbonyl (C=O) groups is 1. The van der Waals surface area contributed by atoms with Crippen LogP contribution in [0.2, 0.25) is 0 Å². The third-order valence-electron chi connectivity index (χ3n) is 3.29. The zero-order chi connectivity index (χ0) is 15.4. The largest absolute Gasteiger partial charge is 0.485 e. The fourth-order valence-electron chi connectivity index (χ4n) is 1.90. The maximum absolute atomic E-state index is 12.0. The van der Waals surface area contributed by atoms with Gasteiger partial charge in [0.2, 0.25) is 0 Å². The molecule has 0 heterocycles. The third kappa shape index (κ3) is 3.45. The highest BCUT2D eigenvalue weighted by Crippen LogP contribution is 2.21. The summed E-state index contributed by atoms with van der Waals surface area (Å²) in [4.78, 5) is 22.2. The minimum atomic E-state index is -0.525. The number of non-ortho nitro benzene ring substituents is 1. The molecule has 0 fully saturated rings. The van der Waals surface area contributed by atoms with Crippen molar-refractivity contribution in [3.8, 4) is 5.75 Å². The Morgan fingerprint density at radius 2 is 1.90 bits per heavy atom. The SMILES string of the molecule is Cc1cccc(OCC(=O)c2cccc([N+](=O)[O-])c2)c1C. The second kappa shape index (κ2) is 6.17. The van der Waals surface area contributed by atoms with E-state index in [4.69, 9.17) is 4.74 Å². The monoisotopic (exact) mass is 285 g/mol. The second-order valence-corrected chi connectivity index (χ2v) is 4.72. The highest BCUT2D eigenvalue weighted by atomic mass is 16.6. The Balaban J connectivity index is 2.10. The Hall–Kier alpha value is -2.69. The summed E-state index contributed by atoms with van der Waals surface area (Å²) in [5.74, 6) is 0.355. The van der Waals surface area contributed by atoms with Crippen LogP contribution in [0.15, 0.2) is 42.5 Å². The van der Waals surface area contributed by atoms with Gasteiger partial charge >= 0.3 is 0 Å². The van der Waals surface area contributed by atoms with Crippen molar-refractivity contribution in [3.63, 3.8) is 0 Å². The molecule has 0 spiro atoms. The van der Waals surface area contributed by atoms with Gasteiger partial charge in [-0.2, -0.15) is 0 Å². The maximum atomic E-state index is 12.0. The summed E-state index contributed by atoms with van der Waals surface area (Å²) in [6, 6.07) is 11.3. The van der Waals surface area contributed by atoms with Crippen molar-refractivity contribution in [1.29, 1.82) is 0 Å². The first kappa shape index (κ1) is 14.7. The minimum Gasteiger partial charge on any atom is -0.485 e. The van der Waals surface area contributed by atoms with Gasteiger partial charge in [-0.1, -0.05) is 24.3 Å². The van der Waals surface area contributed by atoms with Crippen LogP contribution < -0.4 is 4.74 Å². The summed E-state index contributed by atoms with van der Waals surface area (Å²) in [6.07, 6.45) is 0. The number of carbonyl (C=O) groups excluding carboxylic acids is 1. The molecule has 2 aromatic carbocycles. The van der Waals surface area contributed by atoms with E-state index < -0.39 is 4.92 Å². The number of Topliss-reactive ketones (excluding diaryl/α,β-unsaturated/α-hetero) is 1. The van der Waals surface area contributed by atoms with Crippen molar-refractivity contribution in [3.05, 3.63) is 69.3 Å². The van der Waals surface area contributed by atoms with Gasteiger partial charge in [-0.05, 0) is 31.0 Å². The molecule has 21 heavy (non-hydrogen) atoms. The molecule has 0 radical (unpaired) electrons. The number of hydrogen-bond acceptors (Lipinski definition) is 4. The Labute approximate surface area is 122 Å². The van der Waals surface area contributed by atoms with E-state index in [9.17, 15) is 14.9 Å². The normalized spacial score (nSPS) is 10.2. The number of benzene rings is 2. The number of aryl methyl sites for hydroxylation is 1. The Morgan fingerprint density at radius 3 is 2.62 bits per heavy atom. The first-order chi connectivity index (χ1) is 9.99. The molecule has 0 aliphatic heterocycles. The van der Waals surface area contributed by atoms with Gasteiger partial charge < -0.3 is 4.74 Å². The number of nitrogens with zero attached hydrogens (tertiary/aromatic N) is 1. The number of ether oxygens (including phenoxy) is 1. The van der Waals surface area contributed by atoms with E-state index in [1.165, 1.54) is 18.2 Å². The van der Waals surface area contributed by atoms with E-state index in [2.05, 4.69) is 0 Å². The van der Waals surface area contributed by atoms with Crippen LogP contribution in [0.25, 0.3) is 0 Å². The smallest absolute Gasteiger partial charge is 0.270 e. The molecule has 0 saturated heterocycles. The zero-order valence-electron chi connectivity index (χ0n) is 11.8. The molecule has 5 heteroatoms. The Kier molecular flexibility index (Phi) is 4.33. The van der Waals surface area contributed by atoms with Crippen molar-refractivity contribution < 1.29 is 14.5 Å². The number of nitro groups is 1. The predicted octanol–water partition coefficient (Wildman–Crippen LogP) is 3.47. The Morgan fingerprint density at radius 1 is 1.19 bits per heavy atom. The summed E-state index contributed by atoms with van der Waals surface area (Å²) < 4.78 is 5.51. The van der Waals surface area contributed by atoms with Gasteiger partial charge in [0.1, 0.15) is 5.75 Å². The third-order valence-corrected chi connectivity index (χ3v) is 3.29. The number of nitro benzene ring substituents is 1. The van der Waals surface area contributed by atoms with Crippen molar-refractivity contribution in [2.45, 2.75) is 13.8 Å². The Bertz CT molecular complexity index is 694. The molecule has 0 unspecified atom stereocenters. The van der Waals surface area contributed by atoms with Gasteiger partial charge in [0.05, 0.1) is 4.92 Å². The van der Waals surface area contributed by atoms with Gasteiger partial charge in [0, 0.05) is 17.7 Å². The number of hydrogen-bond donors (Lipinski definition) is 0. The van der Waals surface area contributed by atoms with Gasteiger partial charge in [0.25, 0.3) is 5.69 Å². The van der Waals surface area contributed by atoms with E-state index in [0.717, 1.165) is 11.1 Å². The van der Waals surface area contributed by atoms with Crippen LogP contribution in [0.1, 0.15) is 21.5 Å². The topological polar surface area (TPSA) is 69.4 Å². The molecule has 2 rings (SSSR count). The first-order valence-electron chi connectivity index (χ1n) is 6.45. The van der Waals surface area contributed by atoms with Crippen LogP contribution in [0.3, 0.4) is 0 Å². The van der Waals surface area contributed by atoms with Gasteiger partial charge in [-0.15, -0.1) is 0 Å². The molecule has 0 bridgehead atoms. The predicted molar refractivity (Wildman–Crippen MR) is 78.8 cm³/mol. The molecule has 0 aromatic heterocycles. The molecule has 0 atom stereocenters. The zero-order valence-corrected chi connectivity index (χ0v) is 11.8. The van der Waals surface area contributed by atoms with Crippen LogP contribution in [0, 0.1) is 24.0 Å². The van der Waals surface area contributed by atoms with Crippen LogP contribution >= 0.6 is 0 Å². The van der Waals surface area contributed by atoms with E-state index in [1.54, 1.807) is 12.1 Å². The lowest BCUT2D eigenvalue weighted by Crippen LogP contribution is -2.12. The van der Waals surface area contributed by atoms with Gasteiger partial charge in [-0.3, -0.25) is 14.9 Å². The summed E-state index contributed by atoms with van der Waals surface area (Å²) >= 11 is 0. The number of ketones is 1. The van der Waals surface area contributed by atoms with E-state index in [0.29, 0.717) is 5.75 Å². The van der Waals surface area contributed by atoms with Crippen LogP contribution in [-0.2, 0) is 0 Å². The quantitative estimate of drug-likeness (QED) is 0.479. The molecule has 0 aliphatic carbocycles. The van der Waals surface area contributed by atoms with E-state index >= 15 is 0 Å². The number of rotatable bonds is 5. The fraction of sp³-hybridized carbons (Fsp3) is 0.188. The molecule has 0 aliphatic rings.